The molecular weight excluding hydrogens is 550 g/mol. The summed E-state index contributed by atoms with van der Waals surface area (Å²) < 4.78 is 15.7. The lowest BCUT2D eigenvalue weighted by atomic mass is 10.0. The van der Waals surface area contributed by atoms with E-state index in [2.05, 4.69) is 26.6 Å². The summed E-state index contributed by atoms with van der Waals surface area (Å²) in [7, 11) is 0. The topological polar surface area (TPSA) is 190 Å². The highest BCUT2D eigenvalue weighted by Gasteiger charge is 2.27. The maximum atomic E-state index is 12.8. The van der Waals surface area contributed by atoms with Crippen molar-refractivity contribution in [1.29, 1.82) is 0 Å². The van der Waals surface area contributed by atoms with Crippen molar-refractivity contribution in [1.82, 2.24) is 21.3 Å². The summed E-state index contributed by atoms with van der Waals surface area (Å²) in [5.41, 5.74) is 1.14. The predicted molar refractivity (Wildman–Crippen MR) is 153 cm³/mol. The summed E-state index contributed by atoms with van der Waals surface area (Å²) in [5.74, 6) is -1.88. The Bertz CT molecular complexity index is 1050. The van der Waals surface area contributed by atoms with Crippen LogP contribution >= 0.6 is 0 Å². The first-order chi connectivity index (χ1) is 19.9. The van der Waals surface area contributed by atoms with Crippen molar-refractivity contribution in [3.63, 3.8) is 0 Å². The first-order valence-electron chi connectivity index (χ1n) is 13.7. The van der Waals surface area contributed by atoms with Gasteiger partial charge in [0.1, 0.15) is 24.5 Å². The summed E-state index contributed by atoms with van der Waals surface area (Å²) in [4.78, 5) is 71.1. The molecule has 1 aromatic carbocycles. The average Bonchev–Trinajstić information content (AvgIpc) is 2.92. The minimum Gasteiger partial charge on any atom is -0.445 e. The molecule has 0 fully saturated rings. The molecule has 1 rings (SSSR count). The summed E-state index contributed by atoms with van der Waals surface area (Å²) in [6.45, 7) is 9.24. The molecule has 0 bridgehead atoms. The monoisotopic (exact) mass is 593 g/mol. The molecule has 0 spiro atoms. The SMILES string of the molecule is CC(=O)CNC(=O)OCc1ccc(NC(=O)C(C)NC(=O)C(NC(=O)CCOCCOCCNC(C)=O)C(C)C)cc1. The smallest absolute Gasteiger partial charge is 0.407 e. The van der Waals surface area contributed by atoms with E-state index in [-0.39, 0.29) is 56.3 Å². The van der Waals surface area contributed by atoms with Gasteiger partial charge >= 0.3 is 6.09 Å². The van der Waals surface area contributed by atoms with Crippen LogP contribution in [0.15, 0.2) is 24.3 Å². The Morgan fingerprint density at radius 3 is 2.02 bits per heavy atom. The minimum absolute atomic E-state index is 0.0195. The van der Waals surface area contributed by atoms with E-state index in [1.807, 2.05) is 0 Å². The molecule has 42 heavy (non-hydrogen) atoms. The number of anilines is 1. The van der Waals surface area contributed by atoms with Crippen molar-refractivity contribution in [2.45, 2.75) is 59.7 Å². The number of rotatable bonds is 19. The van der Waals surface area contributed by atoms with E-state index in [4.69, 9.17) is 14.2 Å². The predicted octanol–water partition coefficient (Wildman–Crippen LogP) is 0.645. The van der Waals surface area contributed by atoms with Gasteiger partial charge in [0.15, 0.2) is 0 Å². The normalized spacial score (nSPS) is 12.0. The van der Waals surface area contributed by atoms with Crippen LogP contribution in [-0.2, 0) is 44.8 Å². The molecule has 2 unspecified atom stereocenters. The maximum Gasteiger partial charge on any atom is 0.407 e. The lowest BCUT2D eigenvalue weighted by molar-refractivity contribution is -0.132. The number of nitrogens with one attached hydrogen (secondary N) is 5. The first-order valence-corrected chi connectivity index (χ1v) is 13.7. The molecule has 0 aliphatic carbocycles. The molecule has 2 atom stereocenters. The first kappa shape index (κ1) is 36.0. The van der Waals surface area contributed by atoms with Crippen LogP contribution in [0.4, 0.5) is 10.5 Å². The van der Waals surface area contributed by atoms with Gasteiger partial charge in [-0.2, -0.15) is 0 Å². The largest absolute Gasteiger partial charge is 0.445 e. The number of carbonyl (C=O) groups is 6. The van der Waals surface area contributed by atoms with Crippen LogP contribution in [0.1, 0.15) is 46.6 Å². The summed E-state index contributed by atoms with van der Waals surface area (Å²) >= 11 is 0. The van der Waals surface area contributed by atoms with Crippen LogP contribution in [-0.4, -0.2) is 87.1 Å². The zero-order chi connectivity index (χ0) is 31.5. The van der Waals surface area contributed by atoms with Gasteiger partial charge in [0.05, 0.1) is 33.0 Å². The van der Waals surface area contributed by atoms with Crippen molar-refractivity contribution in [2.75, 3.05) is 44.8 Å². The van der Waals surface area contributed by atoms with E-state index >= 15 is 0 Å². The second kappa shape index (κ2) is 19.9. The third-order valence-electron chi connectivity index (χ3n) is 5.56. The maximum absolute atomic E-state index is 12.8. The third kappa shape index (κ3) is 16.3. The number of ketones is 1. The molecule has 0 aromatic heterocycles. The fourth-order valence-electron chi connectivity index (χ4n) is 3.27. The van der Waals surface area contributed by atoms with E-state index in [0.717, 1.165) is 0 Å². The molecule has 0 aliphatic heterocycles. The van der Waals surface area contributed by atoms with E-state index < -0.39 is 30.0 Å². The van der Waals surface area contributed by atoms with E-state index in [1.165, 1.54) is 20.8 Å². The van der Waals surface area contributed by atoms with Gasteiger partial charge in [-0.25, -0.2) is 4.79 Å². The van der Waals surface area contributed by atoms with Crippen LogP contribution in [0.2, 0.25) is 0 Å². The van der Waals surface area contributed by atoms with Crippen LogP contribution in [0.5, 0.6) is 0 Å². The van der Waals surface area contributed by atoms with Gasteiger partial charge in [0.25, 0.3) is 0 Å². The Labute approximate surface area is 246 Å². The summed E-state index contributed by atoms with van der Waals surface area (Å²) in [6, 6.07) is 4.82. The number of carbonyl (C=O) groups excluding carboxylic acids is 6. The van der Waals surface area contributed by atoms with E-state index in [0.29, 0.717) is 31.0 Å². The van der Waals surface area contributed by atoms with Gasteiger partial charge in [-0.3, -0.25) is 24.0 Å². The molecule has 5 N–H and O–H groups in total. The Morgan fingerprint density at radius 1 is 0.786 bits per heavy atom. The third-order valence-corrected chi connectivity index (χ3v) is 5.56. The zero-order valence-electron chi connectivity index (χ0n) is 24.9. The average molecular weight is 594 g/mol. The van der Waals surface area contributed by atoms with Gasteiger partial charge < -0.3 is 40.8 Å². The van der Waals surface area contributed by atoms with Crippen molar-refractivity contribution in [3.8, 4) is 0 Å². The number of hydrogen-bond acceptors (Lipinski definition) is 9. The van der Waals surface area contributed by atoms with Crippen molar-refractivity contribution in [2.24, 2.45) is 5.92 Å². The van der Waals surface area contributed by atoms with Crippen LogP contribution < -0.4 is 26.6 Å². The Kier molecular flexibility index (Phi) is 17.1. The molecule has 0 saturated carbocycles. The molecule has 14 nitrogen and oxygen atoms in total. The van der Waals surface area contributed by atoms with Crippen LogP contribution in [0.25, 0.3) is 0 Å². The zero-order valence-corrected chi connectivity index (χ0v) is 24.9. The Morgan fingerprint density at radius 2 is 1.43 bits per heavy atom. The highest BCUT2D eigenvalue weighted by molar-refractivity contribution is 5.98. The minimum atomic E-state index is -0.891. The standard InChI is InChI=1S/C28H43N5O9/c1-18(2)25(33-24(36)10-12-40-14-15-41-13-11-29-21(5)35)27(38)31-20(4)26(37)32-23-8-6-22(7-9-23)17-42-28(39)30-16-19(3)34/h6-9,18,20,25H,10-17H2,1-5H3,(H,29,35)(H,30,39)(H,31,38)(H,32,37)(H,33,36). The molecule has 234 valence electrons. The van der Waals surface area contributed by atoms with E-state index in [1.54, 1.807) is 38.1 Å². The summed E-state index contributed by atoms with van der Waals surface area (Å²) in [6.07, 6.45) is -0.669. The van der Waals surface area contributed by atoms with Gasteiger partial charge in [0.2, 0.25) is 23.6 Å². The quantitative estimate of drug-likeness (QED) is 0.143. The van der Waals surface area contributed by atoms with Crippen LogP contribution in [0, 0.1) is 5.92 Å². The fraction of sp³-hybridized carbons (Fsp3) is 0.571. The summed E-state index contributed by atoms with van der Waals surface area (Å²) in [5, 5.41) is 12.9. The Hall–Kier alpha value is -4.04. The second-order valence-corrected chi connectivity index (χ2v) is 9.80. The molecule has 0 heterocycles. The molecule has 0 saturated heterocycles. The molecule has 0 radical (unpaired) electrons. The fourth-order valence-corrected chi connectivity index (χ4v) is 3.27. The molecular formula is C28H43N5O9. The highest BCUT2D eigenvalue weighted by atomic mass is 16.5. The van der Waals surface area contributed by atoms with Gasteiger partial charge in [0, 0.05) is 25.6 Å². The number of Topliss-reactive ketones (excluding diaryl/α,β-unsaturated/α-hetero) is 1. The van der Waals surface area contributed by atoms with Crippen molar-refractivity contribution >= 4 is 41.2 Å². The number of alkyl carbamates (subject to hydrolysis) is 1. The molecule has 14 heteroatoms. The molecule has 0 aliphatic rings. The lowest BCUT2D eigenvalue weighted by Crippen LogP contribution is -2.53. The molecule has 5 amide bonds. The number of hydrogen-bond donors (Lipinski definition) is 5. The van der Waals surface area contributed by atoms with Gasteiger partial charge in [-0.1, -0.05) is 26.0 Å². The van der Waals surface area contributed by atoms with Crippen molar-refractivity contribution < 1.29 is 43.0 Å². The van der Waals surface area contributed by atoms with Gasteiger partial charge in [-0.15, -0.1) is 0 Å². The molecule has 1 aromatic rings. The Balaban J connectivity index is 2.41. The van der Waals surface area contributed by atoms with E-state index in [9.17, 15) is 28.8 Å². The second-order valence-electron chi connectivity index (χ2n) is 9.80. The number of benzene rings is 1. The number of ether oxygens (including phenoxy) is 3. The van der Waals surface area contributed by atoms with Gasteiger partial charge in [-0.05, 0) is 37.5 Å². The lowest BCUT2D eigenvalue weighted by Gasteiger charge is -2.24. The number of amides is 5. The highest BCUT2D eigenvalue weighted by Crippen LogP contribution is 2.11. The van der Waals surface area contributed by atoms with Crippen LogP contribution in [0.3, 0.4) is 0 Å². The van der Waals surface area contributed by atoms with Crippen molar-refractivity contribution in [3.05, 3.63) is 29.8 Å².